The van der Waals surface area contributed by atoms with Crippen LogP contribution in [0.3, 0.4) is 0 Å². The second-order valence-corrected chi connectivity index (χ2v) is 4.46. The number of aryl methyl sites for hydroxylation is 1. The quantitative estimate of drug-likeness (QED) is 0.651. The first-order chi connectivity index (χ1) is 8.99. The van der Waals surface area contributed by atoms with E-state index in [1.165, 1.54) is 0 Å². The summed E-state index contributed by atoms with van der Waals surface area (Å²) in [6, 6.07) is -0.301. The maximum atomic E-state index is 11.5. The molecule has 3 N–H and O–H groups in total. The number of carbonyl (C=O) groups is 2. The van der Waals surface area contributed by atoms with E-state index in [1.54, 1.807) is 17.9 Å². The number of hydrogen-bond acceptors (Lipinski definition) is 4. The zero-order valence-electron chi connectivity index (χ0n) is 11.1. The summed E-state index contributed by atoms with van der Waals surface area (Å²) in [4.78, 5) is 21.9. The molecule has 1 rings (SSSR count). The minimum atomic E-state index is -0.821. The smallest absolute Gasteiger partial charge is 0.315 e. The molecule has 1 heterocycles. The molecule has 0 saturated heterocycles. The van der Waals surface area contributed by atoms with Crippen LogP contribution in [0.2, 0.25) is 0 Å². The normalized spacial score (nSPS) is 11.9. The monoisotopic (exact) mass is 269 g/mol. The van der Waals surface area contributed by atoms with Crippen molar-refractivity contribution >= 4 is 12.0 Å². The maximum Gasteiger partial charge on any atom is 0.315 e. The number of urea groups is 1. The molecule has 8 heteroatoms. The number of rotatable bonds is 7. The topological polar surface area (TPSA) is 109 Å². The van der Waals surface area contributed by atoms with Gasteiger partial charge in [-0.25, -0.2) is 4.79 Å². The summed E-state index contributed by atoms with van der Waals surface area (Å²) in [6.07, 6.45) is 2.21. The molecule has 8 nitrogen and oxygen atoms in total. The van der Waals surface area contributed by atoms with Gasteiger partial charge < -0.3 is 20.3 Å². The van der Waals surface area contributed by atoms with Crippen molar-refractivity contribution in [1.29, 1.82) is 0 Å². The Hall–Kier alpha value is -2.12. The van der Waals surface area contributed by atoms with Crippen LogP contribution in [0.25, 0.3) is 0 Å². The SMILES string of the molecule is CC(CCC(=O)O)CNC(=O)NCc1nncn1C. The predicted molar refractivity (Wildman–Crippen MR) is 67.3 cm³/mol. The van der Waals surface area contributed by atoms with Gasteiger partial charge in [-0.15, -0.1) is 10.2 Å². The highest BCUT2D eigenvalue weighted by molar-refractivity contribution is 5.73. The summed E-state index contributed by atoms with van der Waals surface area (Å²) < 4.78 is 1.72. The molecule has 1 aromatic rings. The van der Waals surface area contributed by atoms with Gasteiger partial charge in [-0.3, -0.25) is 4.79 Å². The van der Waals surface area contributed by atoms with Gasteiger partial charge >= 0.3 is 12.0 Å². The Morgan fingerprint density at radius 1 is 1.47 bits per heavy atom. The van der Waals surface area contributed by atoms with Gasteiger partial charge in [0.1, 0.15) is 6.33 Å². The molecule has 0 bridgehead atoms. The standard InChI is InChI=1S/C11H19N5O3/c1-8(3-4-10(17)18)5-12-11(19)13-6-9-15-14-7-16(9)2/h7-8H,3-6H2,1-2H3,(H,17,18)(H2,12,13,19). The van der Waals surface area contributed by atoms with Crippen molar-refractivity contribution in [2.45, 2.75) is 26.3 Å². The molecule has 1 unspecified atom stereocenters. The molecule has 0 aliphatic carbocycles. The maximum absolute atomic E-state index is 11.5. The molecule has 0 aliphatic rings. The summed E-state index contributed by atoms with van der Waals surface area (Å²) in [5.74, 6) is -0.0377. The Balaban J connectivity index is 2.17. The lowest BCUT2D eigenvalue weighted by atomic mass is 10.1. The van der Waals surface area contributed by atoms with E-state index < -0.39 is 5.97 Å². The summed E-state index contributed by atoms with van der Waals surface area (Å²) >= 11 is 0. The van der Waals surface area contributed by atoms with Gasteiger partial charge in [-0.1, -0.05) is 6.92 Å². The first-order valence-corrected chi connectivity index (χ1v) is 6.05. The highest BCUT2D eigenvalue weighted by Gasteiger charge is 2.08. The Kier molecular flexibility index (Phi) is 5.77. The molecule has 19 heavy (non-hydrogen) atoms. The average molecular weight is 269 g/mol. The lowest BCUT2D eigenvalue weighted by Crippen LogP contribution is -2.38. The van der Waals surface area contributed by atoms with Crippen LogP contribution in [0.4, 0.5) is 4.79 Å². The van der Waals surface area contributed by atoms with E-state index in [9.17, 15) is 9.59 Å². The highest BCUT2D eigenvalue weighted by atomic mass is 16.4. The minimum Gasteiger partial charge on any atom is -0.481 e. The van der Waals surface area contributed by atoms with Gasteiger partial charge in [-0.2, -0.15) is 0 Å². The van der Waals surface area contributed by atoms with Crippen LogP contribution < -0.4 is 10.6 Å². The van der Waals surface area contributed by atoms with Crippen LogP contribution in [0.1, 0.15) is 25.6 Å². The molecule has 0 spiro atoms. The highest BCUT2D eigenvalue weighted by Crippen LogP contribution is 2.03. The molecule has 0 aromatic carbocycles. The van der Waals surface area contributed by atoms with E-state index in [1.807, 2.05) is 6.92 Å². The number of amides is 2. The summed E-state index contributed by atoms with van der Waals surface area (Å²) in [6.45, 7) is 2.63. The lowest BCUT2D eigenvalue weighted by Gasteiger charge is -2.12. The number of hydrogen-bond donors (Lipinski definition) is 3. The molecule has 0 radical (unpaired) electrons. The van der Waals surface area contributed by atoms with Gasteiger partial charge in [0.2, 0.25) is 0 Å². The van der Waals surface area contributed by atoms with Crippen molar-refractivity contribution in [2.75, 3.05) is 6.54 Å². The fourth-order valence-electron chi connectivity index (χ4n) is 1.43. The fraction of sp³-hybridized carbons (Fsp3) is 0.636. The molecule has 1 aromatic heterocycles. The number of carboxylic acid groups (broad SMARTS) is 1. The molecule has 0 saturated carbocycles. The Bertz CT molecular complexity index is 432. The van der Waals surface area contributed by atoms with E-state index >= 15 is 0 Å². The molecule has 1 atom stereocenters. The van der Waals surface area contributed by atoms with E-state index in [-0.39, 0.29) is 18.4 Å². The average Bonchev–Trinajstić information content (AvgIpc) is 2.77. The molecule has 0 fully saturated rings. The van der Waals surface area contributed by atoms with Crippen molar-refractivity contribution in [1.82, 2.24) is 25.4 Å². The third kappa shape index (κ3) is 5.84. The van der Waals surface area contributed by atoms with Gasteiger partial charge in [0, 0.05) is 20.0 Å². The van der Waals surface area contributed by atoms with Crippen LogP contribution in [-0.4, -0.2) is 38.4 Å². The first-order valence-electron chi connectivity index (χ1n) is 6.05. The molecular formula is C11H19N5O3. The van der Waals surface area contributed by atoms with Crippen LogP contribution in [0.5, 0.6) is 0 Å². The van der Waals surface area contributed by atoms with Crippen molar-refractivity contribution in [3.8, 4) is 0 Å². The van der Waals surface area contributed by atoms with Gasteiger partial charge in [-0.05, 0) is 12.3 Å². The zero-order valence-corrected chi connectivity index (χ0v) is 11.1. The fourth-order valence-corrected chi connectivity index (χ4v) is 1.43. The first kappa shape index (κ1) is 14.9. The van der Waals surface area contributed by atoms with Crippen LogP contribution >= 0.6 is 0 Å². The third-order valence-electron chi connectivity index (χ3n) is 2.67. The molecule has 106 valence electrons. The van der Waals surface area contributed by atoms with Crippen molar-refractivity contribution in [3.05, 3.63) is 12.2 Å². The third-order valence-corrected chi connectivity index (χ3v) is 2.67. The van der Waals surface area contributed by atoms with Crippen LogP contribution in [0, 0.1) is 5.92 Å². The zero-order chi connectivity index (χ0) is 14.3. The number of carboxylic acids is 1. The Morgan fingerprint density at radius 2 is 2.21 bits per heavy atom. The largest absolute Gasteiger partial charge is 0.481 e. The molecule has 2 amide bonds. The number of nitrogens with one attached hydrogen (secondary N) is 2. The predicted octanol–water partition coefficient (Wildman–Crippen LogP) is 0.115. The van der Waals surface area contributed by atoms with E-state index in [0.29, 0.717) is 25.3 Å². The van der Waals surface area contributed by atoms with Gasteiger partial charge in [0.05, 0.1) is 6.54 Å². The van der Waals surface area contributed by atoms with Crippen molar-refractivity contribution in [3.63, 3.8) is 0 Å². The Morgan fingerprint density at radius 3 is 2.79 bits per heavy atom. The van der Waals surface area contributed by atoms with Gasteiger partial charge in [0.25, 0.3) is 0 Å². The van der Waals surface area contributed by atoms with Gasteiger partial charge in [0.15, 0.2) is 5.82 Å². The summed E-state index contributed by atoms with van der Waals surface area (Å²) in [7, 11) is 1.79. The Labute approximate surface area is 111 Å². The number of aliphatic carboxylic acids is 1. The number of nitrogens with zero attached hydrogens (tertiary/aromatic N) is 3. The lowest BCUT2D eigenvalue weighted by molar-refractivity contribution is -0.137. The van der Waals surface area contributed by atoms with Crippen molar-refractivity contribution < 1.29 is 14.7 Å². The minimum absolute atomic E-state index is 0.114. The van der Waals surface area contributed by atoms with E-state index in [2.05, 4.69) is 20.8 Å². The van der Waals surface area contributed by atoms with E-state index in [4.69, 9.17) is 5.11 Å². The summed E-state index contributed by atoms with van der Waals surface area (Å²) in [5.41, 5.74) is 0. The van der Waals surface area contributed by atoms with Crippen LogP contribution in [-0.2, 0) is 18.4 Å². The number of aromatic nitrogens is 3. The van der Waals surface area contributed by atoms with Crippen molar-refractivity contribution in [2.24, 2.45) is 13.0 Å². The molecular weight excluding hydrogens is 250 g/mol. The second kappa shape index (κ2) is 7.34. The summed E-state index contributed by atoms with van der Waals surface area (Å²) in [5, 5.41) is 21.4. The molecule has 0 aliphatic heterocycles. The number of carbonyl (C=O) groups excluding carboxylic acids is 1. The van der Waals surface area contributed by atoms with E-state index in [0.717, 1.165) is 0 Å². The van der Waals surface area contributed by atoms with Crippen LogP contribution in [0.15, 0.2) is 6.33 Å². The second-order valence-electron chi connectivity index (χ2n) is 4.46.